The van der Waals surface area contributed by atoms with Gasteiger partial charge in [-0.25, -0.2) is 4.98 Å². The first-order chi connectivity index (χ1) is 11.0. The average molecular weight is 312 g/mol. The number of nitrogens with zero attached hydrogens (tertiary/aromatic N) is 1. The van der Waals surface area contributed by atoms with Crippen molar-refractivity contribution >= 4 is 10.9 Å². The van der Waals surface area contributed by atoms with E-state index in [9.17, 15) is 9.90 Å². The van der Waals surface area contributed by atoms with Gasteiger partial charge in [0.1, 0.15) is 28.5 Å². The molecule has 0 unspecified atom stereocenters. The summed E-state index contributed by atoms with van der Waals surface area (Å²) in [5, 5.41) is 10.00. The molecular weight excluding hydrogens is 296 g/mol. The van der Waals surface area contributed by atoms with Crippen LogP contribution in [-0.4, -0.2) is 29.3 Å². The zero-order chi connectivity index (χ0) is 16.6. The molecule has 23 heavy (non-hydrogen) atoms. The van der Waals surface area contributed by atoms with Crippen LogP contribution in [0.5, 0.6) is 17.2 Å². The van der Waals surface area contributed by atoms with Gasteiger partial charge in [-0.15, -0.1) is 0 Å². The topological polar surface area (TPSA) is 84.4 Å². The normalized spacial score (nSPS) is 10.7. The number of methoxy groups -OCH3 is 2. The summed E-state index contributed by atoms with van der Waals surface area (Å²) >= 11 is 0. The fourth-order valence-electron chi connectivity index (χ4n) is 2.43. The van der Waals surface area contributed by atoms with Crippen LogP contribution in [-0.2, 0) is 0 Å². The van der Waals surface area contributed by atoms with E-state index in [2.05, 4.69) is 9.97 Å². The molecule has 2 aromatic carbocycles. The number of benzene rings is 2. The maximum atomic E-state index is 12.4. The molecule has 6 heteroatoms. The molecule has 3 aromatic rings. The van der Waals surface area contributed by atoms with Crippen LogP contribution < -0.4 is 15.0 Å². The van der Waals surface area contributed by atoms with Gasteiger partial charge < -0.3 is 19.6 Å². The second-order valence-electron chi connectivity index (χ2n) is 5.14. The molecule has 0 atom stereocenters. The second kappa shape index (κ2) is 5.64. The first-order valence-corrected chi connectivity index (χ1v) is 6.99. The number of hydrogen-bond acceptors (Lipinski definition) is 5. The van der Waals surface area contributed by atoms with Crippen LogP contribution >= 0.6 is 0 Å². The number of H-pyrrole nitrogens is 1. The predicted octanol–water partition coefficient (Wildman–Crippen LogP) is 2.62. The minimum Gasteiger partial charge on any atom is -0.508 e. The van der Waals surface area contributed by atoms with Gasteiger partial charge in [0.2, 0.25) is 0 Å². The minimum absolute atomic E-state index is 0.195. The first kappa shape index (κ1) is 14.9. The van der Waals surface area contributed by atoms with Crippen molar-refractivity contribution in [3.8, 4) is 28.6 Å². The number of ether oxygens (including phenoxy) is 2. The number of rotatable bonds is 3. The molecule has 3 rings (SSSR count). The maximum absolute atomic E-state index is 12.4. The van der Waals surface area contributed by atoms with Gasteiger partial charge in [-0.2, -0.15) is 0 Å². The summed E-state index contributed by atoms with van der Waals surface area (Å²) in [5.74, 6) is 1.57. The molecule has 0 spiro atoms. The van der Waals surface area contributed by atoms with Gasteiger partial charge in [-0.1, -0.05) is 0 Å². The summed E-state index contributed by atoms with van der Waals surface area (Å²) in [6.07, 6.45) is 0. The summed E-state index contributed by atoms with van der Waals surface area (Å²) in [6, 6.07) is 8.36. The number of aromatic nitrogens is 2. The smallest absolute Gasteiger partial charge is 0.262 e. The highest BCUT2D eigenvalue weighted by molar-refractivity contribution is 5.87. The summed E-state index contributed by atoms with van der Waals surface area (Å²) < 4.78 is 10.5. The Morgan fingerprint density at radius 3 is 2.57 bits per heavy atom. The largest absolute Gasteiger partial charge is 0.508 e. The Balaban J connectivity index is 2.28. The molecular formula is C17H16N2O4. The van der Waals surface area contributed by atoms with Crippen LogP contribution in [0.1, 0.15) is 5.56 Å². The Kier molecular flexibility index (Phi) is 3.65. The highest BCUT2D eigenvalue weighted by Gasteiger charge is 2.13. The lowest BCUT2D eigenvalue weighted by atomic mass is 10.1. The van der Waals surface area contributed by atoms with Crippen molar-refractivity contribution in [2.24, 2.45) is 0 Å². The molecule has 0 aliphatic rings. The standard InChI is InChI=1S/C17H16N2O4/c1-9-6-10(4-5-13(9)20)16-18-12-7-11(22-2)8-14(23-3)15(12)17(21)19-16/h4-8,20H,1-3H3,(H,18,19,21). The van der Waals surface area contributed by atoms with Crippen molar-refractivity contribution in [1.29, 1.82) is 0 Å². The van der Waals surface area contributed by atoms with Crippen LogP contribution in [0.3, 0.4) is 0 Å². The number of phenolic OH excluding ortho intramolecular Hbond substituents is 1. The average Bonchev–Trinajstić information content (AvgIpc) is 2.55. The number of aryl methyl sites for hydroxylation is 1. The van der Waals surface area contributed by atoms with Gasteiger partial charge in [-0.05, 0) is 30.7 Å². The fourth-order valence-corrected chi connectivity index (χ4v) is 2.43. The van der Waals surface area contributed by atoms with Gasteiger partial charge >= 0.3 is 0 Å². The maximum Gasteiger partial charge on any atom is 0.262 e. The van der Waals surface area contributed by atoms with Crippen molar-refractivity contribution in [2.45, 2.75) is 6.92 Å². The van der Waals surface area contributed by atoms with E-state index < -0.39 is 0 Å². The van der Waals surface area contributed by atoms with Gasteiger partial charge in [0, 0.05) is 17.7 Å². The Bertz CT molecular complexity index is 947. The summed E-state index contributed by atoms with van der Waals surface area (Å²) in [6.45, 7) is 1.78. The number of aromatic hydroxyl groups is 1. The van der Waals surface area contributed by atoms with Crippen molar-refractivity contribution < 1.29 is 14.6 Å². The molecule has 1 aromatic heterocycles. The summed E-state index contributed by atoms with van der Waals surface area (Å²) in [4.78, 5) is 19.7. The lowest BCUT2D eigenvalue weighted by Crippen LogP contribution is -2.11. The molecule has 118 valence electrons. The van der Waals surface area contributed by atoms with Crippen LogP contribution in [0.25, 0.3) is 22.3 Å². The third-order valence-electron chi connectivity index (χ3n) is 3.67. The lowest BCUT2D eigenvalue weighted by Gasteiger charge is -2.09. The molecule has 0 aliphatic heterocycles. The highest BCUT2D eigenvalue weighted by atomic mass is 16.5. The number of nitrogens with one attached hydrogen (secondary N) is 1. The van der Waals surface area contributed by atoms with E-state index >= 15 is 0 Å². The molecule has 0 saturated carbocycles. The summed E-state index contributed by atoms with van der Waals surface area (Å²) in [7, 11) is 3.03. The second-order valence-corrected chi connectivity index (χ2v) is 5.14. The highest BCUT2D eigenvalue weighted by Crippen LogP contribution is 2.29. The van der Waals surface area contributed by atoms with Crippen molar-refractivity contribution in [1.82, 2.24) is 9.97 Å². The van der Waals surface area contributed by atoms with Gasteiger partial charge in [0.25, 0.3) is 5.56 Å². The van der Waals surface area contributed by atoms with Gasteiger partial charge in [-0.3, -0.25) is 4.79 Å². The predicted molar refractivity (Wildman–Crippen MR) is 87.3 cm³/mol. The molecule has 0 bridgehead atoms. The van der Waals surface area contributed by atoms with Crippen LogP contribution in [0.4, 0.5) is 0 Å². The summed E-state index contributed by atoms with van der Waals surface area (Å²) in [5.41, 5.74) is 1.59. The van der Waals surface area contributed by atoms with Crippen molar-refractivity contribution in [3.05, 3.63) is 46.2 Å². The third kappa shape index (κ3) is 2.59. The number of phenols is 1. The van der Waals surface area contributed by atoms with E-state index in [-0.39, 0.29) is 11.3 Å². The van der Waals surface area contributed by atoms with Gasteiger partial charge in [0.15, 0.2) is 0 Å². The quantitative estimate of drug-likeness (QED) is 0.776. The molecule has 0 amide bonds. The Morgan fingerprint density at radius 2 is 1.91 bits per heavy atom. The van der Waals surface area contributed by atoms with Crippen LogP contribution in [0.2, 0.25) is 0 Å². The molecule has 2 N–H and O–H groups in total. The van der Waals surface area contributed by atoms with E-state index in [4.69, 9.17) is 9.47 Å². The molecule has 0 radical (unpaired) electrons. The van der Waals surface area contributed by atoms with E-state index in [0.29, 0.717) is 39.4 Å². The lowest BCUT2D eigenvalue weighted by molar-refractivity contribution is 0.397. The van der Waals surface area contributed by atoms with E-state index in [1.165, 1.54) is 14.2 Å². The van der Waals surface area contributed by atoms with Crippen LogP contribution in [0, 0.1) is 6.92 Å². The fraction of sp³-hybridized carbons (Fsp3) is 0.176. The molecule has 1 heterocycles. The Labute approximate surface area is 132 Å². The van der Waals surface area contributed by atoms with Crippen molar-refractivity contribution in [2.75, 3.05) is 14.2 Å². The van der Waals surface area contributed by atoms with Gasteiger partial charge in [0.05, 0.1) is 19.7 Å². The van der Waals surface area contributed by atoms with Crippen LogP contribution in [0.15, 0.2) is 35.1 Å². The molecule has 0 fully saturated rings. The van der Waals surface area contributed by atoms with Crippen molar-refractivity contribution in [3.63, 3.8) is 0 Å². The van der Waals surface area contributed by atoms with E-state index in [0.717, 1.165) is 0 Å². The first-order valence-electron chi connectivity index (χ1n) is 6.99. The minimum atomic E-state index is -0.296. The Morgan fingerprint density at radius 1 is 1.13 bits per heavy atom. The monoisotopic (exact) mass is 312 g/mol. The third-order valence-corrected chi connectivity index (χ3v) is 3.67. The molecule has 6 nitrogen and oxygen atoms in total. The SMILES string of the molecule is COc1cc(OC)c2c(=O)[nH]c(-c3ccc(O)c(C)c3)nc2c1. The van der Waals surface area contributed by atoms with E-state index in [1.54, 1.807) is 37.3 Å². The zero-order valence-electron chi connectivity index (χ0n) is 13.0. The molecule has 0 aliphatic carbocycles. The number of fused-ring (bicyclic) bond motifs is 1. The Hall–Kier alpha value is -3.02. The number of aromatic amines is 1. The number of hydrogen-bond donors (Lipinski definition) is 2. The zero-order valence-corrected chi connectivity index (χ0v) is 13.0. The molecule has 0 saturated heterocycles. The van der Waals surface area contributed by atoms with E-state index in [1.807, 2.05) is 0 Å².